The second kappa shape index (κ2) is 7.82. The Bertz CT molecular complexity index is 788. The third kappa shape index (κ3) is 3.74. The van der Waals surface area contributed by atoms with E-state index in [1.165, 1.54) is 7.11 Å². The highest BCUT2D eigenvalue weighted by Gasteiger charge is 2.28. The molecular formula is C20H23N3O3. The van der Waals surface area contributed by atoms with E-state index < -0.39 is 0 Å². The third-order valence-electron chi connectivity index (χ3n) is 4.38. The van der Waals surface area contributed by atoms with Crippen LogP contribution in [0.3, 0.4) is 0 Å². The van der Waals surface area contributed by atoms with Gasteiger partial charge in [0.05, 0.1) is 44.3 Å². The molecule has 0 radical (unpaired) electrons. The topological polar surface area (TPSA) is 54.0 Å². The fraction of sp³-hybridized carbons (Fsp3) is 0.250. The highest BCUT2D eigenvalue weighted by molar-refractivity contribution is 5.91. The van der Waals surface area contributed by atoms with Gasteiger partial charge in [-0.05, 0) is 36.4 Å². The quantitative estimate of drug-likeness (QED) is 0.636. The number of methoxy groups -OCH3 is 2. The number of ether oxygens (including phenoxy) is 2. The Morgan fingerprint density at radius 1 is 1.04 bits per heavy atom. The van der Waals surface area contributed by atoms with E-state index in [-0.39, 0.29) is 5.97 Å². The van der Waals surface area contributed by atoms with Crippen LogP contribution in [0.1, 0.15) is 0 Å². The van der Waals surface area contributed by atoms with Gasteiger partial charge < -0.3 is 19.8 Å². The van der Waals surface area contributed by atoms with Crippen LogP contribution in [0, 0.1) is 0 Å². The Kier molecular flexibility index (Phi) is 5.31. The van der Waals surface area contributed by atoms with Gasteiger partial charge in [0.1, 0.15) is 5.75 Å². The average molecular weight is 353 g/mol. The molecule has 0 saturated carbocycles. The third-order valence-corrected chi connectivity index (χ3v) is 4.38. The minimum atomic E-state index is -0.311. The van der Waals surface area contributed by atoms with Gasteiger partial charge in [0.25, 0.3) is 0 Å². The van der Waals surface area contributed by atoms with Crippen LogP contribution < -0.4 is 20.1 Å². The summed E-state index contributed by atoms with van der Waals surface area (Å²) in [5, 5.41) is 1.88. The SMILES string of the molecule is COC(=O)C1=C(NN(C)c2ccc(OC)cc2)CN(c2ccccc2)C1. The van der Waals surface area contributed by atoms with Crippen molar-refractivity contribution >= 4 is 17.3 Å². The Labute approximate surface area is 153 Å². The Balaban J connectivity index is 1.78. The summed E-state index contributed by atoms with van der Waals surface area (Å²) in [5.41, 5.74) is 6.82. The van der Waals surface area contributed by atoms with Crippen LogP contribution >= 0.6 is 0 Å². The number of anilines is 2. The average Bonchev–Trinajstić information content (AvgIpc) is 3.12. The van der Waals surface area contributed by atoms with Crippen LogP contribution in [0.5, 0.6) is 5.75 Å². The molecule has 0 spiro atoms. The summed E-state index contributed by atoms with van der Waals surface area (Å²) in [7, 11) is 4.96. The van der Waals surface area contributed by atoms with E-state index in [1.807, 2.05) is 66.7 Å². The van der Waals surface area contributed by atoms with E-state index in [0.717, 1.165) is 22.8 Å². The normalized spacial score (nSPS) is 13.6. The molecule has 0 fully saturated rings. The van der Waals surface area contributed by atoms with E-state index in [9.17, 15) is 4.79 Å². The van der Waals surface area contributed by atoms with Crippen LogP contribution in [0.15, 0.2) is 65.9 Å². The molecule has 0 atom stereocenters. The van der Waals surface area contributed by atoms with Gasteiger partial charge in [-0.1, -0.05) is 18.2 Å². The summed E-state index contributed by atoms with van der Waals surface area (Å²) in [5.74, 6) is 0.488. The van der Waals surface area contributed by atoms with Gasteiger partial charge in [-0.3, -0.25) is 5.01 Å². The van der Waals surface area contributed by atoms with Gasteiger partial charge in [-0.2, -0.15) is 0 Å². The Hall–Kier alpha value is -3.15. The summed E-state index contributed by atoms with van der Waals surface area (Å²) in [4.78, 5) is 14.4. The number of esters is 1. The standard InChI is InChI=1S/C20H23N3O3/c1-22(15-9-11-17(25-2)12-10-15)21-19-14-23(13-18(19)20(24)26-3)16-7-5-4-6-8-16/h4-12,21H,13-14H2,1-3H3. The first-order chi connectivity index (χ1) is 12.6. The predicted molar refractivity (Wildman–Crippen MR) is 102 cm³/mol. The van der Waals surface area contributed by atoms with Gasteiger partial charge in [-0.15, -0.1) is 0 Å². The molecule has 0 saturated heterocycles. The lowest BCUT2D eigenvalue weighted by molar-refractivity contribution is -0.136. The number of hydrazine groups is 1. The fourth-order valence-corrected chi connectivity index (χ4v) is 2.94. The van der Waals surface area contributed by atoms with Crippen molar-refractivity contribution < 1.29 is 14.3 Å². The highest BCUT2D eigenvalue weighted by atomic mass is 16.5. The lowest BCUT2D eigenvalue weighted by Gasteiger charge is -2.24. The predicted octanol–water partition coefficient (Wildman–Crippen LogP) is 2.58. The summed E-state index contributed by atoms with van der Waals surface area (Å²) in [6.07, 6.45) is 0. The van der Waals surface area contributed by atoms with Crippen LogP contribution in [-0.2, 0) is 9.53 Å². The number of rotatable bonds is 6. The van der Waals surface area contributed by atoms with E-state index in [1.54, 1.807) is 7.11 Å². The number of hydrogen-bond donors (Lipinski definition) is 1. The minimum absolute atomic E-state index is 0.311. The maximum Gasteiger partial charge on any atom is 0.337 e. The number of nitrogens with zero attached hydrogens (tertiary/aromatic N) is 2. The molecule has 0 aromatic heterocycles. The van der Waals surface area contributed by atoms with Gasteiger partial charge >= 0.3 is 5.97 Å². The number of carbonyl (C=O) groups is 1. The summed E-state index contributed by atoms with van der Waals surface area (Å²) in [6, 6.07) is 17.7. The van der Waals surface area contributed by atoms with Crippen LogP contribution in [0.25, 0.3) is 0 Å². The molecule has 0 aliphatic carbocycles. The molecule has 2 aromatic carbocycles. The Morgan fingerprint density at radius 2 is 1.73 bits per heavy atom. The lowest BCUT2D eigenvalue weighted by atomic mass is 10.2. The first-order valence-corrected chi connectivity index (χ1v) is 8.37. The molecule has 26 heavy (non-hydrogen) atoms. The van der Waals surface area contributed by atoms with Crippen molar-refractivity contribution in [3.8, 4) is 5.75 Å². The van der Waals surface area contributed by atoms with Crippen molar-refractivity contribution in [1.82, 2.24) is 5.43 Å². The van der Waals surface area contributed by atoms with Gasteiger partial charge in [-0.25, -0.2) is 4.79 Å². The van der Waals surface area contributed by atoms with Gasteiger partial charge in [0.15, 0.2) is 0 Å². The van der Waals surface area contributed by atoms with Crippen molar-refractivity contribution in [3.63, 3.8) is 0 Å². The molecule has 1 aliphatic heterocycles. The molecule has 0 amide bonds. The van der Waals surface area contributed by atoms with E-state index in [2.05, 4.69) is 10.3 Å². The molecule has 1 heterocycles. The number of hydrogen-bond acceptors (Lipinski definition) is 6. The molecule has 2 aromatic rings. The Morgan fingerprint density at radius 3 is 2.35 bits per heavy atom. The van der Waals surface area contributed by atoms with Gasteiger partial charge in [0.2, 0.25) is 0 Å². The van der Waals surface area contributed by atoms with Crippen molar-refractivity contribution in [2.75, 3.05) is 44.3 Å². The zero-order valence-electron chi connectivity index (χ0n) is 15.2. The molecule has 0 bridgehead atoms. The molecule has 1 N–H and O–H groups in total. The first kappa shape index (κ1) is 17.7. The molecule has 1 aliphatic rings. The maximum absolute atomic E-state index is 12.2. The lowest BCUT2D eigenvalue weighted by Crippen LogP contribution is -2.36. The van der Waals surface area contributed by atoms with Crippen LogP contribution in [0.2, 0.25) is 0 Å². The van der Waals surface area contributed by atoms with Gasteiger partial charge in [0, 0.05) is 12.7 Å². The smallest absolute Gasteiger partial charge is 0.337 e. The number of benzene rings is 2. The monoisotopic (exact) mass is 353 g/mol. The molecule has 6 heteroatoms. The van der Waals surface area contributed by atoms with Crippen molar-refractivity contribution in [1.29, 1.82) is 0 Å². The largest absolute Gasteiger partial charge is 0.497 e. The zero-order chi connectivity index (χ0) is 18.5. The van der Waals surface area contributed by atoms with Crippen molar-refractivity contribution in [3.05, 3.63) is 65.9 Å². The van der Waals surface area contributed by atoms with E-state index in [4.69, 9.17) is 9.47 Å². The zero-order valence-corrected chi connectivity index (χ0v) is 15.2. The van der Waals surface area contributed by atoms with E-state index >= 15 is 0 Å². The summed E-state index contributed by atoms with van der Waals surface area (Å²) >= 11 is 0. The van der Waals surface area contributed by atoms with Crippen molar-refractivity contribution in [2.45, 2.75) is 0 Å². The number of para-hydroxylation sites is 1. The number of nitrogens with one attached hydrogen (secondary N) is 1. The number of carbonyl (C=O) groups excluding carboxylic acids is 1. The molecule has 6 nitrogen and oxygen atoms in total. The van der Waals surface area contributed by atoms with Crippen molar-refractivity contribution in [2.24, 2.45) is 0 Å². The second-order valence-corrected chi connectivity index (χ2v) is 6.01. The van der Waals surface area contributed by atoms with Crippen LogP contribution in [0.4, 0.5) is 11.4 Å². The molecular weight excluding hydrogens is 330 g/mol. The highest BCUT2D eigenvalue weighted by Crippen LogP contribution is 2.25. The fourth-order valence-electron chi connectivity index (χ4n) is 2.94. The van der Waals surface area contributed by atoms with Crippen LogP contribution in [-0.4, -0.2) is 40.3 Å². The minimum Gasteiger partial charge on any atom is -0.497 e. The first-order valence-electron chi connectivity index (χ1n) is 8.37. The molecule has 3 rings (SSSR count). The molecule has 0 unspecified atom stereocenters. The van der Waals surface area contributed by atoms with E-state index in [0.29, 0.717) is 18.7 Å². The summed E-state index contributed by atoms with van der Waals surface area (Å²) < 4.78 is 10.2. The maximum atomic E-state index is 12.2. The summed E-state index contributed by atoms with van der Waals surface area (Å²) in [6.45, 7) is 1.12. The second-order valence-electron chi connectivity index (χ2n) is 6.01. The molecule has 136 valence electrons.